The Hall–Kier alpha value is -3.07. The van der Waals surface area contributed by atoms with Gasteiger partial charge in [0.1, 0.15) is 11.5 Å². The Morgan fingerprint density at radius 2 is 0.943 bits per heavy atom. The summed E-state index contributed by atoms with van der Waals surface area (Å²) in [6.45, 7) is 18.5. The molecule has 0 aromatic heterocycles. The molecule has 35 heavy (non-hydrogen) atoms. The summed E-state index contributed by atoms with van der Waals surface area (Å²) < 4.78 is 0. The molecular weight excluding hydrogens is 432 g/mol. The molecule has 0 spiro atoms. The van der Waals surface area contributed by atoms with Crippen LogP contribution in [-0.2, 0) is 10.8 Å². The Morgan fingerprint density at radius 1 is 0.600 bits per heavy atom. The van der Waals surface area contributed by atoms with Crippen LogP contribution in [0.1, 0.15) is 90.2 Å². The molecule has 3 rings (SSSR count). The Labute approximate surface area is 210 Å². The predicted molar refractivity (Wildman–Crippen MR) is 146 cm³/mol. The summed E-state index contributed by atoms with van der Waals surface area (Å²) in [6.07, 6.45) is 0.344. The number of para-hydroxylation sites is 2. The van der Waals surface area contributed by atoms with Crippen molar-refractivity contribution in [3.05, 3.63) is 71.3 Å². The van der Waals surface area contributed by atoms with Gasteiger partial charge in [0.2, 0.25) is 0 Å². The van der Waals surface area contributed by atoms with Gasteiger partial charge in [0.15, 0.2) is 5.78 Å². The van der Waals surface area contributed by atoms with Crippen LogP contribution in [0.4, 0.5) is 0 Å². The highest BCUT2D eigenvalue weighted by molar-refractivity contribution is 6.09. The first-order valence-electron chi connectivity index (χ1n) is 12.3. The van der Waals surface area contributed by atoms with E-state index in [-0.39, 0.29) is 33.5 Å². The maximum Gasteiger partial charge on any atom is 0.164 e. The summed E-state index contributed by atoms with van der Waals surface area (Å²) in [4.78, 5) is 13.9. The molecule has 0 bridgehead atoms. The number of aromatic hydroxyl groups is 2. The Bertz CT molecular complexity index is 1160. The van der Waals surface area contributed by atoms with Crippen molar-refractivity contribution in [1.82, 2.24) is 0 Å². The number of hydrogen-bond donors (Lipinski definition) is 2. The highest BCUT2D eigenvalue weighted by Crippen LogP contribution is 2.45. The molecule has 2 N–H and O–H groups in total. The first-order chi connectivity index (χ1) is 16.0. The fourth-order valence-corrected chi connectivity index (χ4v) is 4.60. The predicted octanol–water partition coefficient (Wildman–Crippen LogP) is 8.65. The molecule has 3 nitrogen and oxygen atoms in total. The molecule has 0 atom stereocenters. The molecule has 0 aliphatic heterocycles. The molecule has 3 aromatic carbocycles. The Morgan fingerprint density at radius 3 is 1.29 bits per heavy atom. The van der Waals surface area contributed by atoms with Crippen LogP contribution in [0.15, 0.2) is 54.6 Å². The van der Waals surface area contributed by atoms with E-state index in [4.69, 9.17) is 0 Å². The van der Waals surface area contributed by atoms with Gasteiger partial charge < -0.3 is 10.2 Å². The van der Waals surface area contributed by atoms with Gasteiger partial charge in [-0.3, -0.25) is 4.79 Å². The second-order valence-electron chi connectivity index (χ2n) is 12.8. The molecule has 3 aromatic rings. The van der Waals surface area contributed by atoms with E-state index >= 15 is 0 Å². The maximum atomic E-state index is 13.9. The van der Waals surface area contributed by atoms with Crippen molar-refractivity contribution in [3.8, 4) is 33.8 Å². The van der Waals surface area contributed by atoms with Gasteiger partial charge in [-0.25, -0.2) is 0 Å². The lowest BCUT2D eigenvalue weighted by Crippen LogP contribution is -2.16. The van der Waals surface area contributed by atoms with E-state index in [1.807, 2.05) is 75.4 Å². The van der Waals surface area contributed by atoms with Gasteiger partial charge in [0.05, 0.1) is 0 Å². The summed E-state index contributed by atoms with van der Waals surface area (Å²) in [5.41, 5.74) is 4.07. The van der Waals surface area contributed by atoms with Crippen molar-refractivity contribution in [2.45, 2.75) is 79.6 Å². The zero-order chi connectivity index (χ0) is 26.3. The molecule has 186 valence electrons. The smallest absolute Gasteiger partial charge is 0.164 e. The van der Waals surface area contributed by atoms with E-state index in [1.54, 1.807) is 0 Å². The van der Waals surface area contributed by atoms with Crippen LogP contribution >= 0.6 is 0 Å². The Kier molecular flexibility index (Phi) is 6.96. The summed E-state index contributed by atoms with van der Waals surface area (Å²) >= 11 is 0. The molecule has 0 aliphatic carbocycles. The fourth-order valence-electron chi connectivity index (χ4n) is 4.60. The van der Waals surface area contributed by atoms with E-state index < -0.39 is 0 Å². The van der Waals surface area contributed by atoms with Crippen LogP contribution < -0.4 is 0 Å². The van der Waals surface area contributed by atoms with E-state index in [1.165, 1.54) is 0 Å². The summed E-state index contributed by atoms with van der Waals surface area (Å²) in [5, 5.41) is 22.6. The summed E-state index contributed by atoms with van der Waals surface area (Å²) in [7, 11) is 0. The Balaban J connectivity index is 2.39. The molecule has 0 radical (unpaired) electrons. The highest BCUT2D eigenvalue weighted by Gasteiger charge is 2.28. The van der Waals surface area contributed by atoms with Crippen LogP contribution in [0.5, 0.6) is 11.5 Å². The number of rotatable bonds is 4. The lowest BCUT2D eigenvalue weighted by Gasteiger charge is -2.25. The number of hydrogen-bond acceptors (Lipinski definition) is 3. The first-order valence-corrected chi connectivity index (χ1v) is 12.3. The SMILES string of the molecule is CC(C)(C)CC(=O)c1c(-c2cccc(C(C)(C)C)c2O)cccc1-c1cccc(C(C)(C)C)c1O. The molecular formula is C32H40O3. The minimum Gasteiger partial charge on any atom is -0.507 e. The van der Waals surface area contributed by atoms with E-state index in [0.29, 0.717) is 34.2 Å². The quantitative estimate of drug-likeness (QED) is 0.374. The number of Topliss-reactive ketones (excluding diaryl/α,β-unsaturated/α-hetero) is 1. The van der Waals surface area contributed by atoms with Crippen LogP contribution in [0, 0.1) is 5.41 Å². The van der Waals surface area contributed by atoms with Crippen LogP contribution in [0.3, 0.4) is 0 Å². The van der Waals surface area contributed by atoms with Crippen LogP contribution in [0.2, 0.25) is 0 Å². The number of phenols is 2. The topological polar surface area (TPSA) is 57.5 Å². The monoisotopic (exact) mass is 472 g/mol. The van der Waals surface area contributed by atoms with Gasteiger partial charge >= 0.3 is 0 Å². The van der Waals surface area contributed by atoms with Gasteiger partial charge in [0, 0.05) is 23.1 Å². The van der Waals surface area contributed by atoms with Crippen LogP contribution in [0.25, 0.3) is 22.3 Å². The summed E-state index contributed by atoms with van der Waals surface area (Å²) in [5.74, 6) is 0.369. The number of carbonyl (C=O) groups excluding carboxylic acids is 1. The second kappa shape index (κ2) is 9.18. The fraction of sp³-hybridized carbons (Fsp3) is 0.406. The van der Waals surface area contributed by atoms with E-state index in [9.17, 15) is 15.0 Å². The van der Waals surface area contributed by atoms with Crippen molar-refractivity contribution in [2.75, 3.05) is 0 Å². The molecule has 0 unspecified atom stereocenters. The number of benzene rings is 3. The lowest BCUT2D eigenvalue weighted by molar-refractivity contribution is 0.0941. The van der Waals surface area contributed by atoms with Gasteiger partial charge in [-0.1, -0.05) is 117 Å². The third-order valence-electron chi connectivity index (χ3n) is 6.30. The van der Waals surface area contributed by atoms with Gasteiger partial charge in [-0.05, 0) is 38.5 Å². The second-order valence-corrected chi connectivity index (χ2v) is 12.8. The standard InChI is InChI=1S/C32H40O3/c1-30(2,3)19-26(33)27-20(22-15-11-17-24(28(22)34)31(4,5)6)13-10-14-21(27)23-16-12-18-25(29(23)35)32(7,8)9/h10-18,34-35H,19H2,1-9H3. The van der Waals surface area contributed by atoms with Crippen molar-refractivity contribution < 1.29 is 15.0 Å². The zero-order valence-corrected chi connectivity index (χ0v) is 22.7. The summed E-state index contributed by atoms with van der Waals surface area (Å²) in [6, 6.07) is 17.1. The van der Waals surface area contributed by atoms with Crippen molar-refractivity contribution in [1.29, 1.82) is 0 Å². The molecule has 0 amide bonds. The zero-order valence-electron chi connectivity index (χ0n) is 22.7. The van der Waals surface area contributed by atoms with E-state index in [0.717, 1.165) is 11.1 Å². The molecule has 0 fully saturated rings. The normalized spacial score (nSPS) is 12.6. The van der Waals surface area contributed by atoms with E-state index in [2.05, 4.69) is 41.5 Å². The maximum absolute atomic E-state index is 13.9. The first kappa shape index (κ1) is 26.5. The minimum atomic E-state index is -0.257. The van der Waals surface area contributed by atoms with Crippen molar-refractivity contribution in [2.24, 2.45) is 5.41 Å². The third kappa shape index (κ3) is 5.61. The lowest BCUT2D eigenvalue weighted by atomic mass is 9.79. The number of carbonyl (C=O) groups is 1. The molecule has 0 saturated heterocycles. The average molecular weight is 473 g/mol. The van der Waals surface area contributed by atoms with Crippen LogP contribution in [-0.4, -0.2) is 16.0 Å². The molecule has 0 saturated carbocycles. The minimum absolute atomic E-state index is 0.00998. The van der Waals surface area contributed by atoms with Gasteiger partial charge in [0.25, 0.3) is 0 Å². The number of ketones is 1. The van der Waals surface area contributed by atoms with Gasteiger partial charge in [-0.15, -0.1) is 0 Å². The van der Waals surface area contributed by atoms with Gasteiger partial charge in [-0.2, -0.15) is 0 Å². The third-order valence-corrected chi connectivity index (χ3v) is 6.30. The number of phenolic OH excluding ortho intramolecular Hbond substituents is 2. The molecule has 0 aliphatic rings. The molecule has 0 heterocycles. The van der Waals surface area contributed by atoms with Crippen molar-refractivity contribution >= 4 is 5.78 Å². The molecule has 3 heteroatoms. The average Bonchev–Trinajstić information content (AvgIpc) is 2.70. The highest BCUT2D eigenvalue weighted by atomic mass is 16.3. The largest absolute Gasteiger partial charge is 0.507 e. The van der Waals surface area contributed by atoms with Crippen molar-refractivity contribution in [3.63, 3.8) is 0 Å².